The highest BCUT2D eigenvalue weighted by Crippen LogP contribution is 2.32. The van der Waals surface area contributed by atoms with Crippen LogP contribution in [-0.4, -0.2) is 14.2 Å². The first kappa shape index (κ1) is 14.5. The smallest absolute Gasteiger partial charge is 0.136 e. The summed E-state index contributed by atoms with van der Waals surface area (Å²) in [5, 5.41) is 3.00. The van der Waals surface area contributed by atoms with Crippen LogP contribution in [0, 0.1) is 18.6 Å². The van der Waals surface area contributed by atoms with Crippen LogP contribution in [0.4, 0.5) is 8.78 Å². The zero-order valence-electron chi connectivity index (χ0n) is 11.8. The molecule has 1 N–H and O–H groups in total. The van der Waals surface area contributed by atoms with Gasteiger partial charge in [0.25, 0.3) is 0 Å². The molecule has 2 nitrogen and oxygen atoms in total. The van der Waals surface area contributed by atoms with Crippen LogP contribution < -0.4 is 10.1 Å². The Bertz CT molecular complexity index is 626. The summed E-state index contributed by atoms with van der Waals surface area (Å²) >= 11 is 0. The summed E-state index contributed by atoms with van der Waals surface area (Å²) < 4.78 is 33.4. The minimum absolute atomic E-state index is 0.0119. The first-order valence-electron chi connectivity index (χ1n) is 6.35. The van der Waals surface area contributed by atoms with Gasteiger partial charge in [-0.15, -0.1) is 0 Å². The highest BCUT2D eigenvalue weighted by atomic mass is 19.1. The molecule has 0 saturated carbocycles. The second-order valence-electron chi connectivity index (χ2n) is 4.61. The summed E-state index contributed by atoms with van der Waals surface area (Å²) in [7, 11) is 3.35. The fourth-order valence-electron chi connectivity index (χ4n) is 2.18. The van der Waals surface area contributed by atoms with Crippen molar-refractivity contribution in [1.29, 1.82) is 0 Å². The Morgan fingerprint density at radius 2 is 1.90 bits per heavy atom. The number of ether oxygens (including phenoxy) is 1. The first-order valence-corrected chi connectivity index (χ1v) is 6.35. The summed E-state index contributed by atoms with van der Waals surface area (Å²) in [5.41, 5.74) is 1.76. The number of hydrogen-bond donors (Lipinski definition) is 1. The van der Waals surface area contributed by atoms with Crippen molar-refractivity contribution in [3.05, 3.63) is 53.1 Å². The number of nitrogens with one attached hydrogen (secondary N) is 1. The third-order valence-electron chi connectivity index (χ3n) is 3.23. The minimum atomic E-state index is -0.560. The van der Waals surface area contributed by atoms with Crippen LogP contribution in [0.5, 0.6) is 5.75 Å². The molecule has 0 atom stereocenters. The lowest BCUT2D eigenvalue weighted by Crippen LogP contribution is -2.08. The molecule has 4 heteroatoms. The molecule has 0 aromatic heterocycles. The fraction of sp³-hybridized carbons (Fsp3) is 0.250. The second-order valence-corrected chi connectivity index (χ2v) is 4.61. The van der Waals surface area contributed by atoms with Gasteiger partial charge >= 0.3 is 0 Å². The topological polar surface area (TPSA) is 21.3 Å². The number of hydrogen-bond acceptors (Lipinski definition) is 2. The van der Waals surface area contributed by atoms with E-state index < -0.39 is 11.6 Å². The van der Waals surface area contributed by atoms with E-state index in [1.165, 1.54) is 12.1 Å². The lowest BCUT2D eigenvalue weighted by molar-refractivity contribution is 0.414. The molecular formula is C16H17F2NO. The molecule has 0 radical (unpaired) electrons. The van der Waals surface area contributed by atoms with Gasteiger partial charge in [0.15, 0.2) is 0 Å². The van der Waals surface area contributed by atoms with Crippen molar-refractivity contribution in [2.45, 2.75) is 13.5 Å². The van der Waals surface area contributed by atoms with Gasteiger partial charge in [0.1, 0.15) is 17.4 Å². The third-order valence-corrected chi connectivity index (χ3v) is 3.23. The van der Waals surface area contributed by atoms with E-state index in [2.05, 4.69) is 5.32 Å². The molecule has 2 aromatic carbocycles. The van der Waals surface area contributed by atoms with E-state index in [1.807, 2.05) is 0 Å². The molecular weight excluding hydrogens is 260 g/mol. The van der Waals surface area contributed by atoms with Gasteiger partial charge in [0.2, 0.25) is 0 Å². The van der Waals surface area contributed by atoms with Gasteiger partial charge in [-0.2, -0.15) is 0 Å². The highest BCUT2D eigenvalue weighted by Gasteiger charge is 2.17. The molecule has 0 bridgehead atoms. The van der Waals surface area contributed by atoms with Gasteiger partial charge in [-0.05, 0) is 48.9 Å². The molecule has 0 fully saturated rings. The number of halogens is 2. The maximum atomic E-state index is 14.3. The minimum Gasteiger partial charge on any atom is -0.497 e. The van der Waals surface area contributed by atoms with Gasteiger partial charge < -0.3 is 10.1 Å². The van der Waals surface area contributed by atoms with Crippen molar-refractivity contribution >= 4 is 0 Å². The quantitative estimate of drug-likeness (QED) is 0.920. The highest BCUT2D eigenvalue weighted by molar-refractivity contribution is 5.70. The summed E-state index contributed by atoms with van der Waals surface area (Å²) in [5.74, 6) is -0.421. The lowest BCUT2D eigenvalue weighted by atomic mass is 9.96. The predicted molar refractivity (Wildman–Crippen MR) is 75.8 cm³/mol. The normalized spacial score (nSPS) is 10.7. The number of rotatable bonds is 4. The number of aryl methyl sites for hydroxylation is 1. The molecule has 0 aliphatic rings. The van der Waals surface area contributed by atoms with Gasteiger partial charge in [-0.3, -0.25) is 0 Å². The van der Waals surface area contributed by atoms with E-state index in [0.29, 0.717) is 23.4 Å². The summed E-state index contributed by atoms with van der Waals surface area (Å²) in [6.07, 6.45) is 0. The third kappa shape index (κ3) is 2.65. The molecule has 20 heavy (non-hydrogen) atoms. The predicted octanol–water partition coefficient (Wildman–Crippen LogP) is 3.67. The number of methoxy groups -OCH3 is 1. The van der Waals surface area contributed by atoms with Crippen molar-refractivity contribution in [3.8, 4) is 16.9 Å². The van der Waals surface area contributed by atoms with Crippen LogP contribution >= 0.6 is 0 Å². The Kier molecular flexibility index (Phi) is 4.35. The Balaban J connectivity index is 2.66. The van der Waals surface area contributed by atoms with Crippen molar-refractivity contribution in [2.24, 2.45) is 0 Å². The monoisotopic (exact) mass is 277 g/mol. The summed E-state index contributed by atoms with van der Waals surface area (Å²) in [4.78, 5) is 0. The van der Waals surface area contributed by atoms with E-state index in [1.54, 1.807) is 39.3 Å². The van der Waals surface area contributed by atoms with Crippen LogP contribution in [0.25, 0.3) is 11.1 Å². The maximum Gasteiger partial charge on any atom is 0.136 e. The molecule has 0 spiro atoms. The van der Waals surface area contributed by atoms with E-state index in [9.17, 15) is 8.78 Å². The SMILES string of the molecule is CNCc1cc(OC)ccc1-c1c(F)ccc(C)c1F. The van der Waals surface area contributed by atoms with E-state index in [0.717, 1.165) is 5.56 Å². The van der Waals surface area contributed by atoms with Gasteiger partial charge in [0, 0.05) is 6.54 Å². The van der Waals surface area contributed by atoms with Crippen LogP contribution in [0.1, 0.15) is 11.1 Å². The molecule has 0 saturated heterocycles. The average molecular weight is 277 g/mol. The molecule has 106 valence electrons. The van der Waals surface area contributed by atoms with Crippen LogP contribution in [0.15, 0.2) is 30.3 Å². The molecule has 2 rings (SSSR count). The largest absolute Gasteiger partial charge is 0.497 e. The second kappa shape index (κ2) is 6.01. The van der Waals surface area contributed by atoms with Gasteiger partial charge in [-0.25, -0.2) is 8.78 Å². The Hall–Kier alpha value is -1.94. The first-order chi connectivity index (χ1) is 9.58. The average Bonchev–Trinajstić information content (AvgIpc) is 2.45. The van der Waals surface area contributed by atoms with Crippen molar-refractivity contribution in [1.82, 2.24) is 5.32 Å². The van der Waals surface area contributed by atoms with Crippen LogP contribution in [-0.2, 0) is 6.54 Å². The summed E-state index contributed by atoms with van der Waals surface area (Å²) in [6, 6.07) is 7.91. The van der Waals surface area contributed by atoms with Crippen LogP contribution in [0.3, 0.4) is 0 Å². The van der Waals surface area contributed by atoms with Crippen molar-refractivity contribution < 1.29 is 13.5 Å². The van der Waals surface area contributed by atoms with Crippen molar-refractivity contribution in [3.63, 3.8) is 0 Å². The molecule has 0 amide bonds. The van der Waals surface area contributed by atoms with Crippen molar-refractivity contribution in [2.75, 3.05) is 14.2 Å². The van der Waals surface area contributed by atoms with Gasteiger partial charge in [-0.1, -0.05) is 12.1 Å². The standard InChI is InChI=1S/C16H17F2NO/c1-10-4-7-14(17)15(16(10)18)13-6-5-12(20-3)8-11(13)9-19-2/h4-8,19H,9H2,1-3H3. The van der Waals surface area contributed by atoms with E-state index >= 15 is 0 Å². The molecule has 0 heterocycles. The molecule has 0 unspecified atom stereocenters. The van der Waals surface area contributed by atoms with E-state index in [-0.39, 0.29) is 5.56 Å². The molecule has 2 aromatic rings. The fourth-order valence-corrected chi connectivity index (χ4v) is 2.18. The Morgan fingerprint density at radius 1 is 1.15 bits per heavy atom. The zero-order chi connectivity index (χ0) is 14.7. The molecule has 0 aliphatic carbocycles. The Morgan fingerprint density at radius 3 is 2.55 bits per heavy atom. The summed E-state index contributed by atoms with van der Waals surface area (Å²) in [6.45, 7) is 2.12. The lowest BCUT2D eigenvalue weighted by Gasteiger charge is -2.14. The van der Waals surface area contributed by atoms with E-state index in [4.69, 9.17) is 4.74 Å². The Labute approximate surface area is 117 Å². The van der Waals surface area contributed by atoms with Gasteiger partial charge in [0.05, 0.1) is 12.7 Å². The molecule has 0 aliphatic heterocycles. The van der Waals surface area contributed by atoms with Crippen LogP contribution in [0.2, 0.25) is 0 Å². The maximum absolute atomic E-state index is 14.3. The number of benzene rings is 2. The zero-order valence-corrected chi connectivity index (χ0v) is 11.8.